The van der Waals surface area contributed by atoms with E-state index in [4.69, 9.17) is 4.74 Å². The second kappa shape index (κ2) is 6.00. The molecule has 1 heterocycles. The van der Waals surface area contributed by atoms with Crippen molar-refractivity contribution < 1.29 is 19.4 Å². The van der Waals surface area contributed by atoms with Gasteiger partial charge in [-0.15, -0.1) is 0 Å². The summed E-state index contributed by atoms with van der Waals surface area (Å²) in [5.74, 6) is -0.217. The first-order valence-corrected chi connectivity index (χ1v) is 7.16. The van der Waals surface area contributed by atoms with Gasteiger partial charge in [0.1, 0.15) is 0 Å². The highest BCUT2D eigenvalue weighted by Gasteiger charge is 2.27. The number of hydrogen-bond acceptors (Lipinski definition) is 4. The lowest BCUT2D eigenvalue weighted by Crippen LogP contribution is -2.29. The molecule has 6 heteroatoms. The van der Waals surface area contributed by atoms with Crippen molar-refractivity contribution in [2.75, 3.05) is 23.9 Å². The van der Waals surface area contributed by atoms with Gasteiger partial charge in [-0.3, -0.25) is 9.59 Å². The number of carbonyl (C=O) groups excluding carboxylic acids is 2. The lowest BCUT2D eigenvalue weighted by atomic mass is 10.1. The number of fused-ring (bicyclic) bond motifs is 1. The third-order valence-corrected chi connectivity index (χ3v) is 3.90. The lowest BCUT2D eigenvalue weighted by Gasteiger charge is -2.20. The van der Waals surface area contributed by atoms with Crippen molar-refractivity contribution in [2.45, 2.75) is 6.42 Å². The van der Waals surface area contributed by atoms with E-state index in [2.05, 4.69) is 5.32 Å². The first-order chi connectivity index (χ1) is 11.2. The van der Waals surface area contributed by atoms with Gasteiger partial charge in [0.25, 0.3) is 5.91 Å². The molecule has 23 heavy (non-hydrogen) atoms. The molecule has 0 saturated carbocycles. The fourth-order valence-electron chi connectivity index (χ4n) is 2.79. The van der Waals surface area contributed by atoms with Crippen molar-refractivity contribution in [3.05, 3.63) is 47.5 Å². The van der Waals surface area contributed by atoms with Crippen molar-refractivity contribution in [1.29, 1.82) is 0 Å². The zero-order chi connectivity index (χ0) is 16.4. The first-order valence-electron chi connectivity index (χ1n) is 7.16. The van der Waals surface area contributed by atoms with Gasteiger partial charge in [-0.1, -0.05) is 18.2 Å². The SMILES string of the molecule is COc1cc(C(=O)N2CCc3ccccc32)c(NC=O)cc1O. The molecule has 6 nitrogen and oxygen atoms in total. The van der Waals surface area contributed by atoms with Crippen molar-refractivity contribution in [3.63, 3.8) is 0 Å². The maximum Gasteiger partial charge on any atom is 0.260 e. The monoisotopic (exact) mass is 312 g/mol. The molecule has 0 unspecified atom stereocenters. The van der Waals surface area contributed by atoms with Crippen LogP contribution in [0.1, 0.15) is 15.9 Å². The van der Waals surface area contributed by atoms with Crippen LogP contribution in [-0.2, 0) is 11.2 Å². The summed E-state index contributed by atoms with van der Waals surface area (Å²) in [5.41, 5.74) is 2.48. The minimum absolute atomic E-state index is 0.143. The van der Waals surface area contributed by atoms with E-state index in [-0.39, 0.29) is 28.7 Å². The van der Waals surface area contributed by atoms with Crippen molar-refractivity contribution in [2.24, 2.45) is 0 Å². The molecule has 0 fully saturated rings. The van der Waals surface area contributed by atoms with E-state index in [1.54, 1.807) is 4.90 Å². The zero-order valence-electron chi connectivity index (χ0n) is 12.6. The second-order valence-electron chi connectivity index (χ2n) is 5.17. The van der Waals surface area contributed by atoms with Gasteiger partial charge in [-0.2, -0.15) is 0 Å². The predicted octanol–water partition coefficient (Wildman–Crippen LogP) is 2.17. The Labute approximate surface area is 133 Å². The van der Waals surface area contributed by atoms with Gasteiger partial charge < -0.3 is 20.1 Å². The zero-order valence-corrected chi connectivity index (χ0v) is 12.6. The summed E-state index contributed by atoms with van der Waals surface area (Å²) < 4.78 is 5.06. The number of nitrogens with zero attached hydrogens (tertiary/aromatic N) is 1. The normalized spacial score (nSPS) is 12.7. The standard InChI is InChI=1S/C17H16N2O4/c1-23-16-8-12(13(18-10-20)9-15(16)21)17(22)19-7-6-11-4-2-3-5-14(11)19/h2-5,8-10,21H,6-7H2,1H3,(H,18,20). The number of phenolic OH excluding ortho intramolecular Hbond substituents is 1. The minimum atomic E-state index is -0.252. The summed E-state index contributed by atoms with van der Waals surface area (Å²) in [4.78, 5) is 25.4. The summed E-state index contributed by atoms with van der Waals surface area (Å²) in [7, 11) is 1.40. The molecule has 0 aromatic heterocycles. The van der Waals surface area contributed by atoms with Gasteiger partial charge in [0.15, 0.2) is 11.5 Å². The molecule has 0 atom stereocenters. The second-order valence-corrected chi connectivity index (χ2v) is 5.17. The number of methoxy groups -OCH3 is 1. The number of anilines is 2. The quantitative estimate of drug-likeness (QED) is 0.848. The lowest BCUT2D eigenvalue weighted by molar-refractivity contribution is -0.105. The fourth-order valence-corrected chi connectivity index (χ4v) is 2.79. The molecule has 3 rings (SSSR count). The van der Waals surface area contributed by atoms with Crippen molar-refractivity contribution in [3.8, 4) is 11.5 Å². The number of amides is 2. The van der Waals surface area contributed by atoms with Crippen LogP contribution in [0, 0.1) is 0 Å². The Morgan fingerprint density at radius 1 is 1.35 bits per heavy atom. The minimum Gasteiger partial charge on any atom is -0.504 e. The highest BCUT2D eigenvalue weighted by molar-refractivity contribution is 6.11. The molecule has 2 aromatic rings. The van der Waals surface area contributed by atoms with Crippen LogP contribution >= 0.6 is 0 Å². The van der Waals surface area contributed by atoms with E-state index in [0.717, 1.165) is 17.7 Å². The largest absolute Gasteiger partial charge is 0.504 e. The smallest absolute Gasteiger partial charge is 0.260 e. The van der Waals surface area contributed by atoms with E-state index in [0.29, 0.717) is 13.0 Å². The van der Waals surface area contributed by atoms with Crippen LogP contribution in [0.5, 0.6) is 11.5 Å². The number of nitrogens with one attached hydrogen (secondary N) is 1. The maximum atomic E-state index is 12.9. The Morgan fingerprint density at radius 2 is 2.13 bits per heavy atom. The number of phenols is 1. The molecule has 118 valence electrons. The fraction of sp³-hybridized carbons (Fsp3) is 0.176. The van der Waals surface area contributed by atoms with Gasteiger partial charge in [0.05, 0.1) is 18.4 Å². The number of aromatic hydroxyl groups is 1. The summed E-state index contributed by atoms with van der Waals surface area (Å²) in [6, 6.07) is 10.4. The molecule has 0 saturated heterocycles. The van der Waals surface area contributed by atoms with Crippen LogP contribution in [0.25, 0.3) is 0 Å². The topological polar surface area (TPSA) is 78.9 Å². The van der Waals surface area contributed by atoms with Gasteiger partial charge in [0, 0.05) is 18.3 Å². The van der Waals surface area contributed by atoms with E-state index < -0.39 is 0 Å². The summed E-state index contributed by atoms with van der Waals surface area (Å²) in [5, 5.41) is 12.3. The average Bonchev–Trinajstić information content (AvgIpc) is 2.99. The average molecular weight is 312 g/mol. The number of benzene rings is 2. The van der Waals surface area contributed by atoms with Crippen LogP contribution in [-0.4, -0.2) is 31.1 Å². The van der Waals surface area contributed by atoms with E-state index in [1.165, 1.54) is 19.2 Å². The Balaban J connectivity index is 2.04. The number of hydrogen-bond donors (Lipinski definition) is 2. The van der Waals surface area contributed by atoms with Crippen molar-refractivity contribution in [1.82, 2.24) is 0 Å². The van der Waals surface area contributed by atoms with Gasteiger partial charge in [-0.05, 0) is 24.1 Å². The van der Waals surface area contributed by atoms with Gasteiger partial charge in [-0.25, -0.2) is 0 Å². The van der Waals surface area contributed by atoms with Crippen molar-refractivity contribution >= 4 is 23.7 Å². The molecule has 1 aliphatic rings. The highest BCUT2D eigenvalue weighted by atomic mass is 16.5. The van der Waals surface area contributed by atoms with Crippen LogP contribution < -0.4 is 15.0 Å². The Morgan fingerprint density at radius 3 is 2.87 bits per heavy atom. The molecular weight excluding hydrogens is 296 g/mol. The first kappa shape index (κ1) is 14.9. The Hall–Kier alpha value is -3.02. The molecule has 0 spiro atoms. The molecule has 2 N–H and O–H groups in total. The molecule has 0 aliphatic carbocycles. The molecule has 2 aromatic carbocycles. The third-order valence-electron chi connectivity index (χ3n) is 3.90. The van der Waals surface area contributed by atoms with E-state index >= 15 is 0 Å². The van der Waals surface area contributed by atoms with Crippen LogP contribution in [0.2, 0.25) is 0 Å². The molecule has 0 bridgehead atoms. The number of carbonyl (C=O) groups is 2. The molecule has 0 radical (unpaired) electrons. The maximum absolute atomic E-state index is 12.9. The number of rotatable bonds is 4. The Bertz CT molecular complexity index is 773. The van der Waals surface area contributed by atoms with E-state index in [9.17, 15) is 14.7 Å². The predicted molar refractivity (Wildman–Crippen MR) is 86.2 cm³/mol. The van der Waals surface area contributed by atoms with Crippen LogP contribution in [0.4, 0.5) is 11.4 Å². The Kier molecular flexibility index (Phi) is 3.89. The molecule has 1 aliphatic heterocycles. The van der Waals surface area contributed by atoms with Gasteiger partial charge in [0.2, 0.25) is 6.41 Å². The van der Waals surface area contributed by atoms with E-state index in [1.807, 2.05) is 24.3 Å². The molecular formula is C17H16N2O4. The third kappa shape index (κ3) is 2.59. The molecule has 2 amide bonds. The highest BCUT2D eigenvalue weighted by Crippen LogP contribution is 2.35. The van der Waals surface area contributed by atoms with Crippen LogP contribution in [0.3, 0.4) is 0 Å². The van der Waals surface area contributed by atoms with Gasteiger partial charge >= 0.3 is 0 Å². The number of ether oxygens (including phenoxy) is 1. The number of para-hydroxylation sites is 1. The summed E-state index contributed by atoms with van der Waals surface area (Å²) in [6.07, 6.45) is 1.25. The van der Waals surface area contributed by atoms with Crippen LogP contribution in [0.15, 0.2) is 36.4 Å². The summed E-state index contributed by atoms with van der Waals surface area (Å²) >= 11 is 0. The summed E-state index contributed by atoms with van der Waals surface area (Å²) in [6.45, 7) is 0.571.